The number of amides is 1. The zero-order valence-electron chi connectivity index (χ0n) is 9.54. The molecular weight excluding hydrogens is 303 g/mol. The van der Waals surface area contributed by atoms with Crippen LogP contribution in [0.5, 0.6) is 0 Å². The Morgan fingerprint density at radius 3 is 2.94 bits per heavy atom. The van der Waals surface area contributed by atoms with Crippen molar-refractivity contribution in [3.63, 3.8) is 0 Å². The van der Waals surface area contributed by atoms with Crippen molar-refractivity contribution in [2.24, 2.45) is 0 Å². The van der Waals surface area contributed by atoms with Crippen molar-refractivity contribution in [1.29, 1.82) is 0 Å². The fourth-order valence-corrected chi connectivity index (χ4v) is 2.00. The summed E-state index contributed by atoms with van der Waals surface area (Å²) in [6.07, 6.45) is 0. The van der Waals surface area contributed by atoms with Crippen LogP contribution < -0.4 is 5.32 Å². The van der Waals surface area contributed by atoms with E-state index < -0.39 is 11.7 Å². The standard InChI is InChI=1S/C12H10BrFN2O2/c1-7-5-8(16-18-7)6-15-12(17)11-9(13)3-2-4-10(11)14/h2-5H,6H2,1H3,(H,15,17). The predicted molar refractivity (Wildman–Crippen MR) is 66.5 cm³/mol. The maximum atomic E-state index is 13.5. The maximum absolute atomic E-state index is 13.5. The third kappa shape index (κ3) is 2.76. The Hall–Kier alpha value is -1.69. The molecule has 0 aliphatic heterocycles. The lowest BCUT2D eigenvalue weighted by Gasteiger charge is -2.06. The van der Waals surface area contributed by atoms with E-state index in [1.807, 2.05) is 0 Å². The van der Waals surface area contributed by atoms with E-state index in [4.69, 9.17) is 4.52 Å². The molecule has 6 heteroatoms. The van der Waals surface area contributed by atoms with Crippen LogP contribution in [-0.2, 0) is 6.54 Å². The largest absolute Gasteiger partial charge is 0.361 e. The van der Waals surface area contributed by atoms with Gasteiger partial charge in [0.25, 0.3) is 5.91 Å². The van der Waals surface area contributed by atoms with Gasteiger partial charge in [-0.3, -0.25) is 4.79 Å². The minimum Gasteiger partial charge on any atom is -0.361 e. The van der Waals surface area contributed by atoms with E-state index >= 15 is 0 Å². The molecule has 1 heterocycles. The molecule has 2 rings (SSSR count). The van der Waals surface area contributed by atoms with Crippen LogP contribution in [0.4, 0.5) is 4.39 Å². The van der Waals surface area contributed by atoms with Crippen molar-refractivity contribution in [3.8, 4) is 0 Å². The molecule has 0 bridgehead atoms. The van der Waals surface area contributed by atoms with Gasteiger partial charge < -0.3 is 9.84 Å². The van der Waals surface area contributed by atoms with E-state index in [0.29, 0.717) is 15.9 Å². The van der Waals surface area contributed by atoms with Crippen LogP contribution in [-0.4, -0.2) is 11.1 Å². The van der Waals surface area contributed by atoms with Crippen LogP contribution in [0.1, 0.15) is 21.8 Å². The second-order valence-corrected chi connectivity index (χ2v) is 4.56. The normalized spacial score (nSPS) is 10.4. The van der Waals surface area contributed by atoms with Crippen molar-refractivity contribution >= 4 is 21.8 Å². The number of hydrogen-bond acceptors (Lipinski definition) is 3. The number of benzene rings is 1. The van der Waals surface area contributed by atoms with Gasteiger partial charge in [-0.1, -0.05) is 11.2 Å². The topological polar surface area (TPSA) is 55.1 Å². The smallest absolute Gasteiger partial charge is 0.255 e. The first kappa shape index (κ1) is 12.8. The van der Waals surface area contributed by atoms with Crippen LogP contribution in [0.15, 0.2) is 33.3 Å². The van der Waals surface area contributed by atoms with Crippen molar-refractivity contribution in [1.82, 2.24) is 10.5 Å². The Balaban J connectivity index is 2.08. The maximum Gasteiger partial charge on any atom is 0.255 e. The van der Waals surface area contributed by atoms with Gasteiger partial charge in [0.2, 0.25) is 0 Å². The number of halogens is 2. The molecule has 0 spiro atoms. The summed E-state index contributed by atoms with van der Waals surface area (Å²) < 4.78 is 18.8. The molecule has 0 saturated heterocycles. The van der Waals surface area contributed by atoms with Gasteiger partial charge in [0.05, 0.1) is 12.1 Å². The minimum absolute atomic E-state index is 0.0160. The van der Waals surface area contributed by atoms with Crippen LogP contribution in [0, 0.1) is 12.7 Å². The Bertz CT molecular complexity index is 563. The average molecular weight is 313 g/mol. The minimum atomic E-state index is -0.571. The summed E-state index contributed by atoms with van der Waals surface area (Å²) in [5.74, 6) is -0.412. The average Bonchev–Trinajstić information content (AvgIpc) is 2.72. The number of nitrogens with one attached hydrogen (secondary N) is 1. The van der Waals surface area contributed by atoms with Crippen LogP contribution in [0.3, 0.4) is 0 Å². The first-order valence-electron chi connectivity index (χ1n) is 5.22. The lowest BCUT2D eigenvalue weighted by Crippen LogP contribution is -2.24. The molecule has 0 radical (unpaired) electrons. The van der Waals surface area contributed by atoms with Gasteiger partial charge in [-0.05, 0) is 35.0 Å². The van der Waals surface area contributed by atoms with Gasteiger partial charge in [0.1, 0.15) is 17.3 Å². The molecule has 0 aliphatic rings. The number of hydrogen-bond donors (Lipinski definition) is 1. The highest BCUT2D eigenvalue weighted by Crippen LogP contribution is 2.19. The Kier molecular flexibility index (Phi) is 3.76. The highest BCUT2D eigenvalue weighted by atomic mass is 79.9. The van der Waals surface area contributed by atoms with Crippen LogP contribution in [0.25, 0.3) is 0 Å². The summed E-state index contributed by atoms with van der Waals surface area (Å²) in [7, 11) is 0. The van der Waals surface area contributed by atoms with Crippen LogP contribution in [0.2, 0.25) is 0 Å². The molecule has 0 fully saturated rings. The van der Waals surface area contributed by atoms with E-state index in [-0.39, 0.29) is 12.1 Å². The summed E-state index contributed by atoms with van der Waals surface area (Å²) in [6, 6.07) is 6.08. The van der Waals surface area contributed by atoms with Crippen LogP contribution >= 0.6 is 15.9 Å². The van der Waals surface area contributed by atoms with E-state index in [1.165, 1.54) is 12.1 Å². The van der Waals surface area contributed by atoms with Gasteiger partial charge in [-0.15, -0.1) is 0 Å². The highest BCUT2D eigenvalue weighted by Gasteiger charge is 2.15. The zero-order chi connectivity index (χ0) is 13.1. The molecule has 94 valence electrons. The molecule has 1 N–H and O–H groups in total. The molecule has 2 aromatic rings. The summed E-state index contributed by atoms with van der Waals surface area (Å²) in [5, 5.41) is 6.31. The highest BCUT2D eigenvalue weighted by molar-refractivity contribution is 9.10. The van der Waals surface area contributed by atoms with Crippen molar-refractivity contribution in [2.45, 2.75) is 13.5 Å². The monoisotopic (exact) mass is 312 g/mol. The molecule has 0 unspecified atom stereocenters. The first-order valence-corrected chi connectivity index (χ1v) is 6.01. The van der Waals surface area contributed by atoms with E-state index in [2.05, 4.69) is 26.4 Å². The summed E-state index contributed by atoms with van der Waals surface area (Å²) in [6.45, 7) is 1.95. The number of carbonyl (C=O) groups excluding carboxylic acids is 1. The van der Waals surface area contributed by atoms with E-state index in [0.717, 1.165) is 0 Å². The molecule has 0 saturated carbocycles. The number of nitrogens with zero attached hydrogens (tertiary/aromatic N) is 1. The van der Waals surface area contributed by atoms with E-state index in [1.54, 1.807) is 19.1 Å². The van der Waals surface area contributed by atoms with Gasteiger partial charge in [-0.25, -0.2) is 4.39 Å². The van der Waals surface area contributed by atoms with Crippen molar-refractivity contribution in [2.75, 3.05) is 0 Å². The SMILES string of the molecule is Cc1cc(CNC(=O)c2c(F)cccc2Br)no1. The number of aryl methyl sites for hydroxylation is 1. The molecular formula is C12H10BrFN2O2. The first-order chi connectivity index (χ1) is 8.58. The Morgan fingerprint density at radius 1 is 1.56 bits per heavy atom. The summed E-state index contributed by atoms with van der Waals surface area (Å²) in [4.78, 5) is 11.8. The molecule has 1 amide bonds. The molecule has 1 aromatic heterocycles. The fourth-order valence-electron chi connectivity index (χ4n) is 1.48. The van der Waals surface area contributed by atoms with Gasteiger partial charge >= 0.3 is 0 Å². The number of carbonyl (C=O) groups is 1. The zero-order valence-corrected chi connectivity index (χ0v) is 11.1. The van der Waals surface area contributed by atoms with E-state index in [9.17, 15) is 9.18 Å². The fraction of sp³-hybridized carbons (Fsp3) is 0.167. The lowest BCUT2D eigenvalue weighted by atomic mass is 10.2. The molecule has 0 aliphatic carbocycles. The van der Waals surface area contributed by atoms with Crippen molar-refractivity contribution < 1.29 is 13.7 Å². The van der Waals surface area contributed by atoms with Gasteiger partial charge in [0.15, 0.2) is 0 Å². The Labute approximate surface area is 111 Å². The predicted octanol–water partition coefficient (Wildman–Crippen LogP) is 2.81. The number of aromatic nitrogens is 1. The third-order valence-electron chi connectivity index (χ3n) is 2.30. The molecule has 1 aromatic carbocycles. The number of rotatable bonds is 3. The summed E-state index contributed by atoms with van der Waals surface area (Å²) in [5.41, 5.74) is 0.575. The Morgan fingerprint density at radius 2 is 2.33 bits per heavy atom. The third-order valence-corrected chi connectivity index (χ3v) is 2.96. The van der Waals surface area contributed by atoms with Gasteiger partial charge in [0, 0.05) is 10.5 Å². The molecule has 4 nitrogen and oxygen atoms in total. The molecule has 18 heavy (non-hydrogen) atoms. The van der Waals surface area contributed by atoms with Gasteiger partial charge in [-0.2, -0.15) is 0 Å². The summed E-state index contributed by atoms with van der Waals surface area (Å²) >= 11 is 3.14. The molecule has 0 atom stereocenters. The van der Waals surface area contributed by atoms with Crippen molar-refractivity contribution in [3.05, 3.63) is 51.6 Å². The second-order valence-electron chi connectivity index (χ2n) is 3.71. The quantitative estimate of drug-likeness (QED) is 0.948. The second kappa shape index (κ2) is 5.30. The lowest BCUT2D eigenvalue weighted by molar-refractivity contribution is 0.0945.